The van der Waals surface area contributed by atoms with E-state index in [4.69, 9.17) is 18.0 Å². The molecule has 4 aromatic rings. The van der Waals surface area contributed by atoms with Crippen molar-refractivity contribution in [2.24, 2.45) is 0 Å². The van der Waals surface area contributed by atoms with Crippen LogP contribution in [-0.4, -0.2) is 41.4 Å². The fraction of sp³-hybridized carbons (Fsp3) is 0.273. The molecule has 0 aliphatic carbocycles. The second-order valence-corrected chi connectivity index (χ2v) is 12.3. The molecule has 39 heavy (non-hydrogen) atoms. The summed E-state index contributed by atoms with van der Waals surface area (Å²) >= 11 is 0. The van der Waals surface area contributed by atoms with Gasteiger partial charge in [0.2, 0.25) is 0 Å². The number of hydrogen-bond donors (Lipinski definition) is 0. The molecule has 0 unspecified atom stereocenters. The predicted molar refractivity (Wildman–Crippen MR) is 166 cm³/mol. The van der Waals surface area contributed by atoms with E-state index >= 15 is 0 Å². The maximum atomic E-state index is 6.18. The molecule has 0 aromatic heterocycles. The average Bonchev–Trinajstić information content (AvgIpc) is 2.99. The van der Waals surface area contributed by atoms with Crippen LogP contribution in [0.5, 0.6) is 5.75 Å². The highest BCUT2D eigenvalue weighted by Gasteiger charge is 2.39. The Morgan fingerprint density at radius 1 is 0.513 bits per heavy atom. The van der Waals surface area contributed by atoms with Crippen LogP contribution in [0.25, 0.3) is 0 Å². The minimum Gasteiger partial charge on any atom is -0.494 e. The summed E-state index contributed by atoms with van der Waals surface area (Å²) < 4.78 is 24.1. The number of rotatable bonds is 15. The molecule has 0 bridgehead atoms. The van der Waals surface area contributed by atoms with Crippen LogP contribution < -0.4 is 26.6 Å². The van der Waals surface area contributed by atoms with Crippen LogP contribution in [-0.2, 0) is 13.3 Å². The van der Waals surface area contributed by atoms with Crippen molar-refractivity contribution in [3.8, 4) is 5.75 Å². The van der Waals surface area contributed by atoms with E-state index < -0.39 is 15.0 Å². The monoisotopic (exact) mass is 539 g/mol. The molecule has 0 heterocycles. The molecular formula is C33H40BO4Si-. The summed E-state index contributed by atoms with van der Waals surface area (Å²) in [7, 11) is -2.66. The lowest BCUT2D eigenvalue weighted by Gasteiger charge is -2.44. The Morgan fingerprint density at radius 2 is 0.897 bits per heavy atom. The molecule has 0 fully saturated rings. The zero-order chi connectivity index (χ0) is 27.4. The van der Waals surface area contributed by atoms with E-state index in [1.165, 1.54) is 21.9 Å². The molecule has 0 aliphatic rings. The maximum absolute atomic E-state index is 6.18. The van der Waals surface area contributed by atoms with Crippen LogP contribution in [0.1, 0.15) is 27.2 Å². The number of ether oxygens (including phenoxy) is 1. The molecular weight excluding hydrogens is 499 g/mol. The van der Waals surface area contributed by atoms with E-state index in [1.54, 1.807) is 0 Å². The Hall–Kier alpha value is -3.16. The van der Waals surface area contributed by atoms with Gasteiger partial charge in [0.25, 0.3) is 0 Å². The molecule has 0 saturated carbocycles. The molecule has 0 aliphatic heterocycles. The molecule has 0 atom stereocenters. The van der Waals surface area contributed by atoms with Crippen molar-refractivity contribution in [1.29, 1.82) is 0 Å². The molecule has 4 nitrogen and oxygen atoms in total. The average molecular weight is 540 g/mol. The minimum absolute atomic E-state index is 0.577. The lowest BCUT2D eigenvalue weighted by Crippen LogP contribution is -2.74. The topological polar surface area (TPSA) is 36.9 Å². The zero-order valence-corrected chi connectivity index (χ0v) is 24.4. The summed E-state index contributed by atoms with van der Waals surface area (Å²) in [6.45, 7) is 8.29. The summed E-state index contributed by atoms with van der Waals surface area (Å²) in [4.78, 5) is 0. The predicted octanol–water partition coefficient (Wildman–Crippen LogP) is 4.88. The molecule has 0 amide bonds. The fourth-order valence-corrected chi connectivity index (χ4v) is 8.29. The maximum Gasteiger partial charge on any atom is 0.501 e. The van der Waals surface area contributed by atoms with Gasteiger partial charge in [-0.2, -0.15) is 21.9 Å². The molecule has 6 heteroatoms. The van der Waals surface area contributed by atoms with Crippen LogP contribution in [0.4, 0.5) is 0 Å². The van der Waals surface area contributed by atoms with Gasteiger partial charge in [-0.25, -0.2) is 0 Å². The Labute approximate surface area is 235 Å². The first-order valence-corrected chi connectivity index (χ1v) is 16.1. The lowest BCUT2D eigenvalue weighted by atomic mass is 9.13. The lowest BCUT2D eigenvalue weighted by molar-refractivity contribution is 0.0696. The minimum atomic E-state index is -2.66. The molecule has 0 radical (unpaired) electrons. The van der Waals surface area contributed by atoms with E-state index in [1.807, 2.05) is 20.8 Å². The summed E-state index contributed by atoms with van der Waals surface area (Å²) in [6.07, 6.45) is -0.578. The van der Waals surface area contributed by atoms with Crippen LogP contribution in [0.15, 0.2) is 115 Å². The smallest absolute Gasteiger partial charge is 0.494 e. The van der Waals surface area contributed by atoms with Gasteiger partial charge in [0.05, 0.1) is 6.61 Å². The van der Waals surface area contributed by atoms with Gasteiger partial charge < -0.3 is 18.0 Å². The molecule has 204 valence electrons. The first kappa shape index (κ1) is 28.8. The van der Waals surface area contributed by atoms with E-state index in [-0.39, 0.29) is 0 Å². The normalized spacial score (nSPS) is 11.9. The third-order valence-corrected chi connectivity index (χ3v) is 10.4. The van der Waals surface area contributed by atoms with Crippen molar-refractivity contribution in [3.05, 3.63) is 115 Å². The molecule has 0 spiro atoms. The first-order chi connectivity index (χ1) is 19.2. The van der Waals surface area contributed by atoms with Gasteiger partial charge in [0.15, 0.2) is 0 Å². The van der Waals surface area contributed by atoms with Gasteiger partial charge >= 0.3 is 8.80 Å². The highest BCUT2D eigenvalue weighted by Crippen LogP contribution is 2.19. The van der Waals surface area contributed by atoms with Crippen molar-refractivity contribution < 1.29 is 18.0 Å². The van der Waals surface area contributed by atoms with E-state index in [2.05, 4.69) is 115 Å². The molecule has 0 N–H and O–H groups in total. The van der Waals surface area contributed by atoms with Crippen molar-refractivity contribution in [1.82, 2.24) is 0 Å². The Bertz CT molecular complexity index is 1120. The Morgan fingerprint density at radius 3 is 1.28 bits per heavy atom. The van der Waals surface area contributed by atoms with Crippen LogP contribution in [0.2, 0.25) is 6.04 Å². The van der Waals surface area contributed by atoms with Gasteiger partial charge in [-0.1, -0.05) is 103 Å². The van der Waals surface area contributed by atoms with Gasteiger partial charge in [0.1, 0.15) is 11.9 Å². The zero-order valence-electron chi connectivity index (χ0n) is 23.4. The van der Waals surface area contributed by atoms with Crippen molar-refractivity contribution in [2.45, 2.75) is 33.2 Å². The fourth-order valence-electron chi connectivity index (χ4n) is 5.71. The Kier molecular flexibility index (Phi) is 10.6. The number of hydrogen-bond acceptors (Lipinski definition) is 4. The third kappa shape index (κ3) is 6.71. The second-order valence-electron chi connectivity index (χ2n) is 9.60. The highest BCUT2D eigenvalue weighted by molar-refractivity contribution is 7.19. The Balaban J connectivity index is 1.60. The van der Waals surface area contributed by atoms with E-state index in [0.29, 0.717) is 26.4 Å². The van der Waals surface area contributed by atoms with Gasteiger partial charge in [-0.3, -0.25) is 0 Å². The van der Waals surface area contributed by atoms with Crippen LogP contribution >= 0.6 is 0 Å². The van der Waals surface area contributed by atoms with Crippen LogP contribution in [0, 0.1) is 0 Å². The summed E-state index contributed by atoms with van der Waals surface area (Å²) in [6, 6.07) is 41.9. The highest BCUT2D eigenvalue weighted by atomic mass is 28.4. The first-order valence-electron chi connectivity index (χ1n) is 14.2. The quantitative estimate of drug-likeness (QED) is 0.159. The standard InChI is InChI=1S/C33H40BO4Si/c1-4-36-39(37-5-2,38-6-3)28-16-27-35-33-25-23-32(24-26-33)34(29-17-10-7-11-18-29,30-19-12-8-13-20-30)31-21-14-9-15-22-31/h7-15,17-26H,4-6,16,27-28H2,1-3H3/q-1. The van der Waals surface area contributed by atoms with Gasteiger partial charge in [-0.05, 0) is 39.3 Å². The molecule has 4 rings (SSSR count). The summed E-state index contributed by atoms with van der Waals surface area (Å²) in [5.74, 6) is 0.856. The molecule has 4 aromatic carbocycles. The van der Waals surface area contributed by atoms with Crippen molar-refractivity contribution in [2.75, 3.05) is 26.4 Å². The molecule has 0 saturated heterocycles. The van der Waals surface area contributed by atoms with Crippen molar-refractivity contribution in [3.63, 3.8) is 0 Å². The SMILES string of the molecule is CCO[Si](CCCOc1ccc([B-](c2ccccc2)(c2ccccc2)c2ccccc2)cc1)(OCC)OCC. The van der Waals surface area contributed by atoms with Crippen LogP contribution in [0.3, 0.4) is 0 Å². The van der Waals surface area contributed by atoms with Gasteiger partial charge in [-0.15, -0.1) is 0 Å². The van der Waals surface area contributed by atoms with Crippen molar-refractivity contribution >= 4 is 36.8 Å². The second kappa shape index (κ2) is 14.3. The van der Waals surface area contributed by atoms with E-state index in [0.717, 1.165) is 18.2 Å². The number of benzene rings is 4. The van der Waals surface area contributed by atoms with E-state index in [9.17, 15) is 0 Å². The largest absolute Gasteiger partial charge is 0.501 e. The summed E-state index contributed by atoms with van der Waals surface area (Å²) in [5, 5.41) is 0. The third-order valence-electron chi connectivity index (χ3n) is 7.27. The van der Waals surface area contributed by atoms with Gasteiger partial charge in [0, 0.05) is 25.9 Å². The summed E-state index contributed by atoms with van der Waals surface area (Å²) in [5.41, 5.74) is 5.11.